The molecule has 3 rings (SSSR count). The smallest absolute Gasteiger partial charge is 0.299 e. The first-order chi connectivity index (χ1) is 10.5. The summed E-state index contributed by atoms with van der Waals surface area (Å²) in [7, 11) is 0. The second-order valence-corrected chi connectivity index (χ2v) is 6.47. The minimum absolute atomic E-state index is 0.565. The maximum absolute atomic E-state index is 12.6. The summed E-state index contributed by atoms with van der Waals surface area (Å²) in [5, 5.41) is 0. The van der Waals surface area contributed by atoms with Crippen LogP contribution in [0.25, 0.3) is 0 Å². The first-order valence-electron chi connectivity index (χ1n) is 8.15. The summed E-state index contributed by atoms with van der Waals surface area (Å²) in [6.45, 7) is 5.26. The van der Waals surface area contributed by atoms with Crippen molar-refractivity contribution in [3.63, 3.8) is 0 Å². The molecule has 0 amide bonds. The molecule has 122 valence electrons. The van der Waals surface area contributed by atoms with Gasteiger partial charge in [-0.1, -0.05) is 12.1 Å². The van der Waals surface area contributed by atoms with E-state index in [2.05, 4.69) is 9.80 Å². The first-order valence-corrected chi connectivity index (χ1v) is 8.15. The molecule has 5 heteroatoms. The predicted molar refractivity (Wildman–Crippen MR) is 80.6 cm³/mol. The van der Waals surface area contributed by atoms with Crippen LogP contribution < -0.4 is 0 Å². The van der Waals surface area contributed by atoms with Crippen molar-refractivity contribution in [2.75, 3.05) is 26.2 Å². The highest BCUT2D eigenvalue weighted by Gasteiger charge is 2.30. The molecule has 2 heterocycles. The van der Waals surface area contributed by atoms with Crippen LogP contribution in [-0.4, -0.2) is 42.0 Å². The predicted octanol–water partition coefficient (Wildman–Crippen LogP) is 3.77. The SMILES string of the molecule is FC(F)(F)c1ccc(CN2CCCC(N3CCCC3)C2)cc1. The molecule has 0 radical (unpaired) electrons. The van der Waals surface area contributed by atoms with E-state index in [1.165, 1.54) is 50.9 Å². The third-order valence-electron chi connectivity index (χ3n) is 4.83. The fourth-order valence-corrected chi connectivity index (χ4v) is 3.64. The van der Waals surface area contributed by atoms with Gasteiger partial charge in [-0.15, -0.1) is 0 Å². The van der Waals surface area contributed by atoms with Crippen LogP contribution in [-0.2, 0) is 12.7 Å². The van der Waals surface area contributed by atoms with Crippen LogP contribution in [0.5, 0.6) is 0 Å². The number of hydrogen-bond donors (Lipinski definition) is 0. The molecule has 2 fully saturated rings. The maximum Gasteiger partial charge on any atom is 0.416 e. The van der Waals surface area contributed by atoms with Gasteiger partial charge in [-0.05, 0) is 63.0 Å². The zero-order chi connectivity index (χ0) is 15.6. The molecule has 0 bridgehead atoms. The average Bonchev–Trinajstić information content (AvgIpc) is 3.01. The van der Waals surface area contributed by atoms with Crippen molar-refractivity contribution in [2.24, 2.45) is 0 Å². The van der Waals surface area contributed by atoms with Crippen molar-refractivity contribution < 1.29 is 13.2 Å². The molecular weight excluding hydrogens is 289 g/mol. The number of alkyl halides is 3. The number of piperidine rings is 1. The molecule has 2 nitrogen and oxygen atoms in total. The first kappa shape index (κ1) is 15.8. The lowest BCUT2D eigenvalue weighted by molar-refractivity contribution is -0.137. The summed E-state index contributed by atoms with van der Waals surface area (Å²) in [5.41, 5.74) is 0.403. The molecule has 2 saturated heterocycles. The summed E-state index contributed by atoms with van der Waals surface area (Å²) in [4.78, 5) is 4.97. The van der Waals surface area contributed by atoms with E-state index in [-0.39, 0.29) is 0 Å². The highest BCUT2D eigenvalue weighted by Crippen LogP contribution is 2.29. The molecule has 22 heavy (non-hydrogen) atoms. The Morgan fingerprint density at radius 3 is 2.27 bits per heavy atom. The Hall–Kier alpha value is -1.07. The normalized spacial score (nSPS) is 24.8. The van der Waals surface area contributed by atoms with E-state index in [4.69, 9.17) is 0 Å². The Morgan fingerprint density at radius 2 is 1.64 bits per heavy atom. The van der Waals surface area contributed by atoms with Crippen LogP contribution in [0.3, 0.4) is 0 Å². The second-order valence-electron chi connectivity index (χ2n) is 6.47. The monoisotopic (exact) mass is 312 g/mol. The van der Waals surface area contributed by atoms with Crippen molar-refractivity contribution in [3.8, 4) is 0 Å². The Kier molecular flexibility index (Phi) is 4.73. The van der Waals surface area contributed by atoms with Crippen molar-refractivity contribution in [1.29, 1.82) is 0 Å². The van der Waals surface area contributed by atoms with Gasteiger partial charge >= 0.3 is 6.18 Å². The summed E-state index contributed by atoms with van der Waals surface area (Å²) in [5.74, 6) is 0. The van der Waals surface area contributed by atoms with Gasteiger partial charge in [0, 0.05) is 19.1 Å². The molecule has 1 unspecified atom stereocenters. The van der Waals surface area contributed by atoms with E-state index in [0.717, 1.165) is 25.2 Å². The van der Waals surface area contributed by atoms with E-state index in [1.807, 2.05) is 0 Å². The maximum atomic E-state index is 12.6. The quantitative estimate of drug-likeness (QED) is 0.838. The molecule has 1 aromatic carbocycles. The molecule has 1 atom stereocenters. The summed E-state index contributed by atoms with van der Waals surface area (Å²) in [6.07, 6.45) is 0.792. The minimum atomic E-state index is -4.25. The Balaban J connectivity index is 1.58. The van der Waals surface area contributed by atoms with E-state index < -0.39 is 11.7 Å². The molecule has 0 N–H and O–H groups in total. The van der Waals surface area contributed by atoms with Crippen LogP contribution in [0.4, 0.5) is 13.2 Å². The zero-order valence-electron chi connectivity index (χ0n) is 12.8. The summed E-state index contributed by atoms with van der Waals surface area (Å²) >= 11 is 0. The number of halogens is 3. The van der Waals surface area contributed by atoms with E-state index >= 15 is 0 Å². The van der Waals surface area contributed by atoms with Gasteiger partial charge in [-0.3, -0.25) is 9.80 Å². The number of nitrogens with zero attached hydrogens (tertiary/aromatic N) is 2. The van der Waals surface area contributed by atoms with Crippen LogP contribution in [0.15, 0.2) is 24.3 Å². The minimum Gasteiger partial charge on any atom is -0.299 e. The van der Waals surface area contributed by atoms with E-state index in [9.17, 15) is 13.2 Å². The highest BCUT2D eigenvalue weighted by molar-refractivity contribution is 5.24. The number of likely N-dealkylation sites (tertiary alicyclic amines) is 2. The average molecular weight is 312 g/mol. The molecule has 2 aliphatic rings. The van der Waals surface area contributed by atoms with Gasteiger partial charge in [-0.25, -0.2) is 0 Å². The van der Waals surface area contributed by atoms with Gasteiger partial charge in [0.1, 0.15) is 0 Å². The van der Waals surface area contributed by atoms with Crippen LogP contribution in [0.2, 0.25) is 0 Å². The third-order valence-corrected chi connectivity index (χ3v) is 4.83. The molecular formula is C17H23F3N2. The van der Waals surface area contributed by atoms with Gasteiger partial charge in [0.2, 0.25) is 0 Å². The standard InChI is InChI=1S/C17H23F3N2/c18-17(19,20)15-7-5-14(6-8-15)12-21-9-3-4-16(13-21)22-10-1-2-11-22/h5-8,16H,1-4,9-13H2. The molecule has 0 aliphatic carbocycles. The van der Waals surface area contributed by atoms with Gasteiger partial charge < -0.3 is 0 Å². The third kappa shape index (κ3) is 3.82. The lowest BCUT2D eigenvalue weighted by Crippen LogP contribution is -2.46. The van der Waals surface area contributed by atoms with Gasteiger partial charge in [0.05, 0.1) is 5.56 Å². The lowest BCUT2D eigenvalue weighted by Gasteiger charge is -2.37. The van der Waals surface area contributed by atoms with E-state index in [0.29, 0.717) is 6.04 Å². The lowest BCUT2D eigenvalue weighted by atomic mass is 10.0. The summed E-state index contributed by atoms with van der Waals surface area (Å²) in [6, 6.07) is 6.24. The largest absolute Gasteiger partial charge is 0.416 e. The molecule has 0 saturated carbocycles. The van der Waals surface area contributed by atoms with Crippen LogP contribution in [0, 0.1) is 0 Å². The van der Waals surface area contributed by atoms with Crippen molar-refractivity contribution >= 4 is 0 Å². The molecule has 1 aromatic rings. The summed E-state index contributed by atoms with van der Waals surface area (Å²) < 4.78 is 37.8. The van der Waals surface area contributed by atoms with Crippen LogP contribution in [0.1, 0.15) is 36.8 Å². The van der Waals surface area contributed by atoms with Crippen molar-refractivity contribution in [2.45, 2.75) is 44.4 Å². The number of hydrogen-bond acceptors (Lipinski definition) is 2. The topological polar surface area (TPSA) is 6.48 Å². The molecule has 0 aromatic heterocycles. The van der Waals surface area contributed by atoms with Gasteiger partial charge in [0.15, 0.2) is 0 Å². The Bertz CT molecular complexity index is 478. The zero-order valence-corrected chi connectivity index (χ0v) is 12.8. The molecule has 2 aliphatic heterocycles. The van der Waals surface area contributed by atoms with E-state index in [1.54, 1.807) is 12.1 Å². The van der Waals surface area contributed by atoms with Gasteiger partial charge in [0.25, 0.3) is 0 Å². The Morgan fingerprint density at radius 1 is 0.955 bits per heavy atom. The number of benzene rings is 1. The fraction of sp³-hybridized carbons (Fsp3) is 0.647. The second kappa shape index (κ2) is 6.59. The van der Waals surface area contributed by atoms with Crippen LogP contribution >= 0.6 is 0 Å². The van der Waals surface area contributed by atoms with Crippen molar-refractivity contribution in [3.05, 3.63) is 35.4 Å². The fourth-order valence-electron chi connectivity index (χ4n) is 3.64. The molecule has 0 spiro atoms. The van der Waals surface area contributed by atoms with Crippen molar-refractivity contribution in [1.82, 2.24) is 9.80 Å². The number of rotatable bonds is 3. The highest BCUT2D eigenvalue weighted by atomic mass is 19.4. The Labute approximate surface area is 129 Å². The van der Waals surface area contributed by atoms with Gasteiger partial charge in [-0.2, -0.15) is 13.2 Å².